The van der Waals surface area contributed by atoms with Crippen LogP contribution in [0.2, 0.25) is 0 Å². The number of hydrogen-bond donors (Lipinski definition) is 1. The molecule has 4 heteroatoms. The second-order valence-corrected chi connectivity index (χ2v) is 4.55. The van der Waals surface area contributed by atoms with Crippen LogP contribution in [0.25, 0.3) is 0 Å². The van der Waals surface area contributed by atoms with Crippen LogP contribution in [0.1, 0.15) is 34.3 Å². The van der Waals surface area contributed by atoms with Crippen molar-refractivity contribution >= 4 is 0 Å². The van der Waals surface area contributed by atoms with Gasteiger partial charge in [0.1, 0.15) is 17.6 Å². The molecule has 19 heavy (non-hydrogen) atoms. The summed E-state index contributed by atoms with van der Waals surface area (Å²) in [5.74, 6) is 1.08. The summed E-state index contributed by atoms with van der Waals surface area (Å²) in [6.07, 6.45) is -0.905. The Bertz CT molecular complexity index is 602. The molecule has 0 amide bonds. The van der Waals surface area contributed by atoms with E-state index in [1.807, 2.05) is 13.8 Å². The largest absolute Gasteiger partial charge is 0.494 e. The summed E-state index contributed by atoms with van der Waals surface area (Å²) in [7, 11) is 1.41. The molecule has 0 aliphatic carbocycles. The smallest absolute Gasteiger partial charge is 0.165 e. The molecule has 0 spiro atoms. The molecule has 0 saturated carbocycles. The zero-order chi connectivity index (χ0) is 14.2. The number of aryl methyl sites for hydroxylation is 2. The lowest BCUT2D eigenvalue weighted by molar-refractivity contribution is 0.216. The molecule has 1 N–H and O–H groups in total. The zero-order valence-corrected chi connectivity index (χ0v) is 11.5. The van der Waals surface area contributed by atoms with Crippen molar-refractivity contribution in [2.24, 2.45) is 0 Å². The van der Waals surface area contributed by atoms with Gasteiger partial charge in [0.15, 0.2) is 11.6 Å². The van der Waals surface area contributed by atoms with Gasteiger partial charge in [-0.15, -0.1) is 0 Å². The van der Waals surface area contributed by atoms with Gasteiger partial charge < -0.3 is 14.3 Å². The average molecular weight is 264 g/mol. The Morgan fingerprint density at radius 1 is 1.21 bits per heavy atom. The van der Waals surface area contributed by atoms with E-state index in [0.29, 0.717) is 16.9 Å². The second kappa shape index (κ2) is 5.05. The molecule has 2 aromatic rings. The standard InChI is InChI=1S/C15H17FO3/c1-8-9(2)19-10(3)14(8)15(17)11-5-6-13(18-4)12(16)7-11/h5-7,15,17H,1-4H3. The van der Waals surface area contributed by atoms with Gasteiger partial charge in [0.2, 0.25) is 0 Å². The Kier molecular flexibility index (Phi) is 3.62. The third-order valence-electron chi connectivity index (χ3n) is 3.38. The molecule has 0 aliphatic heterocycles. The van der Waals surface area contributed by atoms with Crippen LogP contribution in [0, 0.1) is 26.6 Å². The maximum absolute atomic E-state index is 13.7. The van der Waals surface area contributed by atoms with Crippen LogP contribution in [-0.2, 0) is 0 Å². The first-order chi connectivity index (χ1) is 8.95. The Hall–Kier alpha value is -1.81. The van der Waals surface area contributed by atoms with Crippen molar-refractivity contribution in [3.8, 4) is 5.75 Å². The van der Waals surface area contributed by atoms with Crippen molar-refractivity contribution < 1.29 is 18.7 Å². The molecule has 0 aliphatic rings. The normalized spacial score (nSPS) is 12.5. The van der Waals surface area contributed by atoms with Gasteiger partial charge in [0.25, 0.3) is 0 Å². The quantitative estimate of drug-likeness (QED) is 0.923. The van der Waals surface area contributed by atoms with Crippen LogP contribution in [0.4, 0.5) is 4.39 Å². The van der Waals surface area contributed by atoms with Crippen molar-refractivity contribution in [1.82, 2.24) is 0 Å². The molecular formula is C15H17FO3. The molecule has 2 rings (SSSR count). The van der Waals surface area contributed by atoms with Crippen molar-refractivity contribution in [3.05, 3.63) is 52.2 Å². The Morgan fingerprint density at radius 3 is 2.37 bits per heavy atom. The van der Waals surface area contributed by atoms with Crippen molar-refractivity contribution in [3.63, 3.8) is 0 Å². The van der Waals surface area contributed by atoms with E-state index in [9.17, 15) is 9.50 Å². The monoisotopic (exact) mass is 264 g/mol. The highest BCUT2D eigenvalue weighted by Gasteiger charge is 2.21. The van der Waals surface area contributed by atoms with E-state index in [1.54, 1.807) is 13.0 Å². The predicted molar refractivity (Wildman–Crippen MR) is 69.9 cm³/mol. The highest BCUT2D eigenvalue weighted by Crippen LogP contribution is 2.32. The van der Waals surface area contributed by atoms with E-state index in [0.717, 1.165) is 11.3 Å². The van der Waals surface area contributed by atoms with Crippen molar-refractivity contribution in [2.75, 3.05) is 7.11 Å². The van der Waals surface area contributed by atoms with Crippen molar-refractivity contribution in [2.45, 2.75) is 26.9 Å². The first-order valence-electron chi connectivity index (χ1n) is 6.03. The Morgan fingerprint density at radius 2 is 1.89 bits per heavy atom. The number of halogens is 1. The van der Waals surface area contributed by atoms with Crippen LogP contribution in [0.15, 0.2) is 22.6 Å². The number of benzene rings is 1. The lowest BCUT2D eigenvalue weighted by Gasteiger charge is -2.13. The number of aliphatic hydroxyl groups excluding tert-OH is 1. The molecule has 0 fully saturated rings. The maximum Gasteiger partial charge on any atom is 0.165 e. The molecule has 102 valence electrons. The number of ether oxygens (including phenoxy) is 1. The first-order valence-corrected chi connectivity index (χ1v) is 6.03. The molecule has 1 atom stereocenters. The summed E-state index contributed by atoms with van der Waals surface area (Å²) in [6, 6.07) is 4.43. The van der Waals surface area contributed by atoms with Gasteiger partial charge in [-0.25, -0.2) is 4.39 Å². The van der Waals surface area contributed by atoms with Gasteiger partial charge in [0, 0.05) is 5.56 Å². The molecule has 3 nitrogen and oxygen atoms in total. The average Bonchev–Trinajstić information content (AvgIpc) is 2.62. The summed E-state index contributed by atoms with van der Waals surface area (Å²) in [6.45, 7) is 5.51. The summed E-state index contributed by atoms with van der Waals surface area (Å²) in [5, 5.41) is 10.4. The van der Waals surface area contributed by atoms with Gasteiger partial charge in [-0.3, -0.25) is 0 Å². The maximum atomic E-state index is 13.7. The topological polar surface area (TPSA) is 42.6 Å². The molecule has 1 aromatic carbocycles. The molecule has 1 unspecified atom stereocenters. The number of rotatable bonds is 3. The van der Waals surface area contributed by atoms with E-state index < -0.39 is 11.9 Å². The highest BCUT2D eigenvalue weighted by molar-refractivity contribution is 5.41. The summed E-state index contributed by atoms with van der Waals surface area (Å²) in [4.78, 5) is 0. The highest BCUT2D eigenvalue weighted by atomic mass is 19.1. The third kappa shape index (κ3) is 2.36. The lowest BCUT2D eigenvalue weighted by Crippen LogP contribution is -2.03. The minimum atomic E-state index is -0.905. The number of furan rings is 1. The second-order valence-electron chi connectivity index (χ2n) is 4.55. The van der Waals surface area contributed by atoms with Crippen LogP contribution in [0.5, 0.6) is 5.75 Å². The SMILES string of the molecule is COc1ccc(C(O)c2c(C)oc(C)c2C)cc1F. The molecule has 1 aromatic heterocycles. The van der Waals surface area contributed by atoms with Crippen LogP contribution >= 0.6 is 0 Å². The molecule has 0 radical (unpaired) electrons. The Labute approximate surface area is 111 Å². The van der Waals surface area contributed by atoms with Gasteiger partial charge in [-0.2, -0.15) is 0 Å². The van der Waals surface area contributed by atoms with Crippen molar-refractivity contribution in [1.29, 1.82) is 0 Å². The lowest BCUT2D eigenvalue weighted by atomic mass is 9.98. The number of aliphatic hydroxyl groups is 1. The van der Waals surface area contributed by atoms with Gasteiger partial charge in [0.05, 0.1) is 7.11 Å². The molecular weight excluding hydrogens is 247 g/mol. The van der Waals surface area contributed by atoms with E-state index in [1.165, 1.54) is 19.2 Å². The predicted octanol–water partition coefficient (Wildman–Crippen LogP) is 3.43. The van der Waals surface area contributed by atoms with E-state index in [2.05, 4.69) is 0 Å². The molecule has 0 saturated heterocycles. The minimum Gasteiger partial charge on any atom is -0.494 e. The number of methoxy groups -OCH3 is 1. The zero-order valence-electron chi connectivity index (χ0n) is 11.5. The van der Waals surface area contributed by atoms with E-state index >= 15 is 0 Å². The third-order valence-corrected chi connectivity index (χ3v) is 3.38. The van der Waals surface area contributed by atoms with Crippen LogP contribution < -0.4 is 4.74 Å². The fourth-order valence-corrected chi connectivity index (χ4v) is 2.23. The summed E-state index contributed by atoms with van der Waals surface area (Å²) >= 11 is 0. The fourth-order valence-electron chi connectivity index (χ4n) is 2.23. The fraction of sp³-hybridized carbons (Fsp3) is 0.333. The van der Waals surface area contributed by atoms with Gasteiger partial charge in [-0.05, 0) is 44.0 Å². The van der Waals surface area contributed by atoms with Gasteiger partial charge in [-0.1, -0.05) is 6.07 Å². The summed E-state index contributed by atoms with van der Waals surface area (Å²) in [5.41, 5.74) is 2.06. The molecule has 0 bridgehead atoms. The molecule has 1 heterocycles. The van der Waals surface area contributed by atoms with Crippen LogP contribution in [0.3, 0.4) is 0 Å². The van der Waals surface area contributed by atoms with Crippen LogP contribution in [-0.4, -0.2) is 12.2 Å². The first kappa shape index (κ1) is 13.6. The van der Waals surface area contributed by atoms with E-state index in [4.69, 9.17) is 9.15 Å². The number of hydrogen-bond acceptors (Lipinski definition) is 3. The van der Waals surface area contributed by atoms with Gasteiger partial charge >= 0.3 is 0 Å². The Balaban J connectivity index is 2.44. The minimum absolute atomic E-state index is 0.160. The van der Waals surface area contributed by atoms with E-state index in [-0.39, 0.29) is 5.75 Å². The summed E-state index contributed by atoms with van der Waals surface area (Å²) < 4.78 is 24.0.